The molecule has 3 aromatic rings. The van der Waals surface area contributed by atoms with Crippen molar-refractivity contribution in [1.29, 1.82) is 0 Å². The summed E-state index contributed by atoms with van der Waals surface area (Å²) in [5, 5.41) is 7.82. The Morgan fingerprint density at radius 2 is 1.92 bits per heavy atom. The Balaban J connectivity index is 1.31. The maximum atomic E-state index is 4.52. The molecule has 26 heavy (non-hydrogen) atoms. The van der Waals surface area contributed by atoms with Gasteiger partial charge in [-0.15, -0.1) is 0 Å². The highest BCUT2D eigenvalue weighted by molar-refractivity contribution is 7.98. The van der Waals surface area contributed by atoms with Crippen molar-refractivity contribution in [1.82, 2.24) is 30.0 Å². The van der Waals surface area contributed by atoms with Crippen molar-refractivity contribution in [3.05, 3.63) is 66.0 Å². The Bertz CT molecular complexity index is 791. The van der Waals surface area contributed by atoms with Crippen molar-refractivity contribution in [3.63, 3.8) is 0 Å². The van der Waals surface area contributed by atoms with Crippen LogP contribution >= 0.6 is 11.8 Å². The number of benzene rings is 1. The van der Waals surface area contributed by atoms with Gasteiger partial charge in [-0.25, -0.2) is 15.0 Å². The van der Waals surface area contributed by atoms with Gasteiger partial charge in [0, 0.05) is 42.7 Å². The molecule has 0 unspecified atom stereocenters. The third kappa shape index (κ3) is 4.47. The number of likely N-dealkylation sites (tertiary alicyclic amines) is 1. The Morgan fingerprint density at radius 1 is 1.08 bits per heavy atom. The zero-order valence-electron chi connectivity index (χ0n) is 14.6. The monoisotopic (exact) mass is 366 g/mol. The summed E-state index contributed by atoms with van der Waals surface area (Å²) in [5.41, 5.74) is 2.45. The molecule has 1 aliphatic rings. The molecule has 0 aliphatic carbocycles. The Kier molecular flexibility index (Phi) is 5.56. The van der Waals surface area contributed by atoms with Gasteiger partial charge in [-0.3, -0.25) is 10.00 Å². The highest BCUT2D eigenvalue weighted by Gasteiger charge is 2.23. The molecule has 0 bridgehead atoms. The zero-order valence-corrected chi connectivity index (χ0v) is 15.4. The molecule has 1 fully saturated rings. The van der Waals surface area contributed by atoms with Gasteiger partial charge in [-0.2, -0.15) is 5.10 Å². The molecule has 0 saturated carbocycles. The molecule has 1 aliphatic heterocycles. The third-order valence-electron chi connectivity index (χ3n) is 4.62. The van der Waals surface area contributed by atoms with Crippen LogP contribution in [0, 0.1) is 0 Å². The summed E-state index contributed by atoms with van der Waals surface area (Å²) >= 11 is 1.67. The molecule has 0 spiro atoms. The second-order valence-corrected chi connectivity index (χ2v) is 7.54. The van der Waals surface area contributed by atoms with Crippen LogP contribution in [0.2, 0.25) is 0 Å². The van der Waals surface area contributed by atoms with Gasteiger partial charge in [0.1, 0.15) is 12.2 Å². The molecule has 4 rings (SSSR count). The maximum Gasteiger partial charge on any atom is 0.187 e. The summed E-state index contributed by atoms with van der Waals surface area (Å²) in [4.78, 5) is 15.8. The summed E-state index contributed by atoms with van der Waals surface area (Å²) in [6.45, 7) is 2.99. The summed E-state index contributed by atoms with van der Waals surface area (Å²) in [6, 6.07) is 10.4. The number of rotatable bonds is 6. The topological polar surface area (TPSA) is 70.6 Å². The molecule has 0 amide bonds. The molecule has 1 aromatic carbocycles. The first-order valence-corrected chi connectivity index (χ1v) is 9.90. The number of nitrogens with zero attached hydrogens (tertiary/aromatic N) is 5. The predicted molar refractivity (Wildman–Crippen MR) is 102 cm³/mol. The van der Waals surface area contributed by atoms with Crippen LogP contribution in [0.5, 0.6) is 0 Å². The molecule has 6 nitrogen and oxygen atoms in total. The minimum absolute atomic E-state index is 0.438. The van der Waals surface area contributed by atoms with Crippen LogP contribution in [0.4, 0.5) is 0 Å². The van der Waals surface area contributed by atoms with E-state index in [9.17, 15) is 0 Å². The SMILES string of the molecule is c1ccc(CSc2ncc(CN3CCC[C@H](c4ncn[nH]4)C3)cn2)cc1. The number of aromatic amines is 1. The van der Waals surface area contributed by atoms with E-state index >= 15 is 0 Å². The zero-order chi connectivity index (χ0) is 17.6. The summed E-state index contributed by atoms with van der Waals surface area (Å²) in [6.07, 6.45) is 7.85. The number of nitrogens with one attached hydrogen (secondary N) is 1. The van der Waals surface area contributed by atoms with Gasteiger partial charge in [0.2, 0.25) is 0 Å². The van der Waals surface area contributed by atoms with E-state index in [2.05, 4.69) is 54.3 Å². The Labute approximate surface area is 157 Å². The fourth-order valence-corrected chi connectivity index (χ4v) is 4.06. The van der Waals surface area contributed by atoms with Crippen molar-refractivity contribution >= 4 is 11.8 Å². The molecule has 1 atom stereocenters. The van der Waals surface area contributed by atoms with E-state index in [0.717, 1.165) is 48.4 Å². The molecule has 3 heterocycles. The van der Waals surface area contributed by atoms with E-state index in [1.165, 1.54) is 12.0 Å². The lowest BCUT2D eigenvalue weighted by molar-refractivity contribution is 0.196. The Hall–Kier alpha value is -2.25. The number of hydrogen-bond donors (Lipinski definition) is 1. The van der Waals surface area contributed by atoms with Crippen molar-refractivity contribution in [2.75, 3.05) is 13.1 Å². The quantitative estimate of drug-likeness (QED) is 0.533. The Morgan fingerprint density at radius 3 is 2.69 bits per heavy atom. The average molecular weight is 366 g/mol. The lowest BCUT2D eigenvalue weighted by Gasteiger charge is -2.31. The van der Waals surface area contributed by atoms with Crippen molar-refractivity contribution in [2.45, 2.75) is 36.2 Å². The molecule has 0 radical (unpaired) electrons. The molecule has 1 N–H and O–H groups in total. The van der Waals surface area contributed by atoms with Gasteiger partial charge in [0.15, 0.2) is 5.16 Å². The molecular weight excluding hydrogens is 344 g/mol. The summed E-state index contributed by atoms with van der Waals surface area (Å²) < 4.78 is 0. The van der Waals surface area contributed by atoms with Gasteiger partial charge in [0.25, 0.3) is 0 Å². The molecule has 7 heteroatoms. The van der Waals surface area contributed by atoms with E-state index in [1.54, 1.807) is 18.1 Å². The van der Waals surface area contributed by atoms with E-state index < -0.39 is 0 Å². The average Bonchev–Trinajstić information content (AvgIpc) is 3.23. The number of piperidine rings is 1. The normalized spacial score (nSPS) is 18.1. The van der Waals surface area contributed by atoms with E-state index in [0.29, 0.717) is 5.92 Å². The smallest absolute Gasteiger partial charge is 0.187 e. The largest absolute Gasteiger partial charge is 0.298 e. The van der Waals surface area contributed by atoms with E-state index in [1.807, 2.05) is 18.5 Å². The first-order chi connectivity index (χ1) is 12.9. The van der Waals surface area contributed by atoms with E-state index in [4.69, 9.17) is 0 Å². The van der Waals surface area contributed by atoms with Crippen LogP contribution in [-0.4, -0.2) is 43.1 Å². The van der Waals surface area contributed by atoms with Crippen LogP contribution < -0.4 is 0 Å². The minimum Gasteiger partial charge on any atom is -0.298 e. The number of thioether (sulfide) groups is 1. The van der Waals surface area contributed by atoms with Gasteiger partial charge in [-0.05, 0) is 24.9 Å². The van der Waals surface area contributed by atoms with Crippen LogP contribution in [0.3, 0.4) is 0 Å². The second kappa shape index (κ2) is 8.42. The number of aromatic nitrogens is 5. The molecule has 1 saturated heterocycles. The number of H-pyrrole nitrogens is 1. The van der Waals surface area contributed by atoms with Crippen molar-refractivity contribution in [3.8, 4) is 0 Å². The van der Waals surface area contributed by atoms with Gasteiger partial charge in [-0.1, -0.05) is 42.1 Å². The second-order valence-electron chi connectivity index (χ2n) is 6.59. The molecular formula is C19H22N6S. The first kappa shape index (κ1) is 17.2. The van der Waals surface area contributed by atoms with Crippen LogP contribution in [0.1, 0.15) is 35.7 Å². The molecule has 134 valence electrons. The summed E-state index contributed by atoms with van der Waals surface area (Å²) in [7, 11) is 0. The van der Waals surface area contributed by atoms with Gasteiger partial charge >= 0.3 is 0 Å². The number of hydrogen-bond acceptors (Lipinski definition) is 6. The maximum absolute atomic E-state index is 4.52. The highest BCUT2D eigenvalue weighted by Crippen LogP contribution is 2.25. The lowest BCUT2D eigenvalue weighted by atomic mass is 9.97. The fourth-order valence-electron chi connectivity index (χ4n) is 3.31. The van der Waals surface area contributed by atoms with E-state index in [-0.39, 0.29) is 0 Å². The highest BCUT2D eigenvalue weighted by atomic mass is 32.2. The standard InChI is InChI=1S/C19H22N6S/c1-2-5-15(6-3-1)13-26-19-20-9-16(10-21-19)11-25-8-4-7-17(12-25)18-22-14-23-24-18/h1-3,5-6,9-10,14,17H,4,7-8,11-13H2,(H,22,23,24)/t17-/m0/s1. The molecule has 2 aromatic heterocycles. The lowest BCUT2D eigenvalue weighted by Crippen LogP contribution is -2.34. The van der Waals surface area contributed by atoms with Crippen LogP contribution in [-0.2, 0) is 12.3 Å². The van der Waals surface area contributed by atoms with Gasteiger partial charge < -0.3 is 0 Å². The van der Waals surface area contributed by atoms with Crippen molar-refractivity contribution < 1.29 is 0 Å². The van der Waals surface area contributed by atoms with Crippen LogP contribution in [0.15, 0.2) is 54.2 Å². The predicted octanol–water partition coefficient (Wildman–Crippen LogP) is 3.27. The van der Waals surface area contributed by atoms with Gasteiger partial charge in [0.05, 0.1) is 0 Å². The van der Waals surface area contributed by atoms with Crippen molar-refractivity contribution in [2.24, 2.45) is 0 Å². The fraction of sp³-hybridized carbons (Fsp3) is 0.368. The first-order valence-electron chi connectivity index (χ1n) is 8.92. The van der Waals surface area contributed by atoms with Crippen LogP contribution in [0.25, 0.3) is 0 Å². The summed E-state index contributed by atoms with van der Waals surface area (Å²) in [5.74, 6) is 2.33. The third-order valence-corrected chi connectivity index (χ3v) is 5.57. The minimum atomic E-state index is 0.438.